The first kappa shape index (κ1) is 19.0. The van der Waals surface area contributed by atoms with Gasteiger partial charge in [0.2, 0.25) is 5.76 Å². The van der Waals surface area contributed by atoms with Gasteiger partial charge in [-0.15, -0.1) is 0 Å². The van der Waals surface area contributed by atoms with Crippen LogP contribution in [0.3, 0.4) is 0 Å². The molecule has 3 N–H and O–H groups in total. The molecular formula is C17H19N3O6. The fourth-order valence-corrected chi connectivity index (χ4v) is 2.63. The summed E-state index contributed by atoms with van der Waals surface area (Å²) in [4.78, 5) is 32.8. The van der Waals surface area contributed by atoms with Crippen molar-refractivity contribution < 1.29 is 24.0 Å². The molecule has 0 unspecified atom stereocenters. The van der Waals surface area contributed by atoms with Gasteiger partial charge in [0, 0.05) is 18.8 Å². The molecule has 3 rings (SSSR count). The van der Waals surface area contributed by atoms with Gasteiger partial charge in [0.25, 0.3) is 5.91 Å². The van der Waals surface area contributed by atoms with Gasteiger partial charge in [-0.2, -0.15) is 0 Å². The second kappa shape index (κ2) is 8.65. The van der Waals surface area contributed by atoms with Crippen LogP contribution < -0.4 is 10.6 Å². The molecule has 1 aromatic carbocycles. The van der Waals surface area contributed by atoms with Gasteiger partial charge < -0.3 is 20.2 Å². The Morgan fingerprint density at radius 1 is 1.12 bits per heavy atom. The van der Waals surface area contributed by atoms with Gasteiger partial charge in [-0.1, -0.05) is 12.1 Å². The van der Waals surface area contributed by atoms with E-state index in [0.29, 0.717) is 5.56 Å². The quantitative estimate of drug-likeness (QED) is 0.630. The van der Waals surface area contributed by atoms with Gasteiger partial charge in [-0.25, -0.2) is 4.79 Å². The van der Waals surface area contributed by atoms with Crippen LogP contribution in [-0.2, 0) is 0 Å². The lowest BCUT2D eigenvalue weighted by Crippen LogP contribution is -2.31. The maximum atomic E-state index is 11.3. The van der Waals surface area contributed by atoms with Crippen LogP contribution in [0.1, 0.15) is 40.2 Å². The van der Waals surface area contributed by atoms with Crippen LogP contribution in [0.2, 0.25) is 0 Å². The first-order valence-corrected chi connectivity index (χ1v) is 8.01. The summed E-state index contributed by atoms with van der Waals surface area (Å²) < 4.78 is 4.31. The maximum Gasteiger partial charge on any atom is 0.433 e. The Hall–Kier alpha value is -3.36. The normalized spacial score (nSPS) is 13.5. The van der Waals surface area contributed by atoms with E-state index < -0.39 is 22.5 Å². The molecule has 9 nitrogen and oxygen atoms in total. The highest BCUT2D eigenvalue weighted by molar-refractivity contribution is 5.98. The van der Waals surface area contributed by atoms with Gasteiger partial charge in [-0.3, -0.25) is 14.9 Å². The number of carbonyl (C=O) groups is 2. The number of benzene rings is 1. The van der Waals surface area contributed by atoms with E-state index in [0.717, 1.165) is 30.9 Å². The number of furan rings is 1. The summed E-state index contributed by atoms with van der Waals surface area (Å²) in [6, 6.07) is 9.60. The Bertz CT molecular complexity index is 767. The fourth-order valence-electron chi connectivity index (χ4n) is 2.63. The molecule has 1 saturated heterocycles. The van der Waals surface area contributed by atoms with Gasteiger partial charge in [-0.05, 0) is 37.5 Å². The standard InChI is InChI=1S/C12H16N2O.C5H3NO5/c13-12(15)10-6-2-3-7-11(10)14-8-4-1-5-9-14;7-5(8)3-1-2-4(11-3)6(9)10/h2-3,6-7H,1,4-5,8-9H2,(H2,13,15);1-2H,(H,7,8). The molecule has 0 aliphatic carbocycles. The number of hydrogen-bond acceptors (Lipinski definition) is 6. The number of aromatic carboxylic acids is 1. The summed E-state index contributed by atoms with van der Waals surface area (Å²) in [5.41, 5.74) is 6.98. The molecule has 1 aliphatic rings. The molecule has 1 aliphatic heterocycles. The molecule has 0 atom stereocenters. The Morgan fingerprint density at radius 2 is 1.77 bits per heavy atom. The highest BCUT2D eigenvalue weighted by atomic mass is 16.6. The molecular weight excluding hydrogens is 342 g/mol. The molecule has 1 amide bonds. The van der Waals surface area contributed by atoms with Crippen LogP contribution in [0.15, 0.2) is 40.8 Å². The SMILES string of the molecule is NC(=O)c1ccccc1N1CCCCC1.O=C(O)c1ccc([N+](=O)[O-])o1. The fraction of sp³-hybridized carbons (Fsp3) is 0.294. The molecule has 9 heteroatoms. The van der Waals surface area contributed by atoms with Crippen LogP contribution in [0.5, 0.6) is 0 Å². The second-order valence-electron chi connectivity index (χ2n) is 5.63. The van der Waals surface area contributed by atoms with Gasteiger partial charge in [0.1, 0.15) is 4.92 Å². The number of rotatable bonds is 4. The molecule has 1 fully saturated rings. The zero-order chi connectivity index (χ0) is 19.1. The lowest BCUT2D eigenvalue weighted by atomic mass is 10.1. The number of para-hydroxylation sites is 1. The summed E-state index contributed by atoms with van der Waals surface area (Å²) >= 11 is 0. The predicted octanol–water partition coefficient (Wildman–Crippen LogP) is 2.66. The molecule has 0 bridgehead atoms. The number of nitrogens with two attached hydrogens (primary N) is 1. The Balaban J connectivity index is 0.000000197. The lowest BCUT2D eigenvalue weighted by molar-refractivity contribution is -0.402. The summed E-state index contributed by atoms with van der Waals surface area (Å²) in [6.45, 7) is 2.06. The minimum absolute atomic E-state index is 0.337. The lowest BCUT2D eigenvalue weighted by Gasteiger charge is -2.29. The molecule has 138 valence electrons. The van der Waals surface area contributed by atoms with Crippen LogP contribution >= 0.6 is 0 Å². The van der Waals surface area contributed by atoms with E-state index in [4.69, 9.17) is 10.8 Å². The van der Waals surface area contributed by atoms with Crippen molar-refractivity contribution in [2.75, 3.05) is 18.0 Å². The van der Waals surface area contributed by atoms with Crippen LogP contribution in [0, 0.1) is 10.1 Å². The second-order valence-corrected chi connectivity index (χ2v) is 5.63. The van der Waals surface area contributed by atoms with Crippen molar-refractivity contribution in [2.24, 2.45) is 5.73 Å². The smallest absolute Gasteiger partial charge is 0.433 e. The molecule has 0 saturated carbocycles. The third kappa shape index (κ3) is 4.82. The first-order valence-electron chi connectivity index (χ1n) is 8.01. The van der Waals surface area contributed by atoms with Gasteiger partial charge in [0.15, 0.2) is 0 Å². The summed E-state index contributed by atoms with van der Waals surface area (Å²) in [6.07, 6.45) is 3.69. The van der Waals surface area contributed by atoms with Crippen molar-refractivity contribution in [3.05, 3.63) is 57.8 Å². The molecule has 0 spiro atoms. The zero-order valence-corrected chi connectivity index (χ0v) is 14.0. The summed E-state index contributed by atoms with van der Waals surface area (Å²) in [7, 11) is 0. The average molecular weight is 361 g/mol. The van der Waals surface area contributed by atoms with Crippen molar-refractivity contribution in [3.8, 4) is 0 Å². The van der Waals surface area contributed by atoms with Crippen LogP contribution in [0.4, 0.5) is 11.6 Å². The minimum atomic E-state index is -1.32. The highest BCUT2D eigenvalue weighted by Gasteiger charge is 2.16. The van der Waals surface area contributed by atoms with Crippen molar-refractivity contribution in [1.82, 2.24) is 0 Å². The van der Waals surface area contributed by atoms with E-state index in [9.17, 15) is 19.7 Å². The monoisotopic (exact) mass is 361 g/mol. The molecule has 2 heterocycles. The number of amides is 1. The van der Waals surface area contributed by atoms with Crippen molar-refractivity contribution in [1.29, 1.82) is 0 Å². The first-order chi connectivity index (χ1) is 12.4. The van der Waals surface area contributed by atoms with Gasteiger partial charge >= 0.3 is 11.9 Å². The van der Waals surface area contributed by atoms with Crippen LogP contribution in [0.25, 0.3) is 0 Å². The number of carboxylic acid groups (broad SMARTS) is 1. The van der Waals surface area contributed by atoms with Gasteiger partial charge in [0.05, 0.1) is 11.6 Å². The Morgan fingerprint density at radius 3 is 2.27 bits per heavy atom. The molecule has 26 heavy (non-hydrogen) atoms. The van der Waals surface area contributed by atoms with E-state index in [1.165, 1.54) is 19.3 Å². The largest absolute Gasteiger partial charge is 0.475 e. The number of nitro groups is 1. The molecule has 1 aromatic heterocycles. The van der Waals surface area contributed by atoms with Crippen molar-refractivity contribution in [2.45, 2.75) is 19.3 Å². The number of primary amides is 1. The summed E-state index contributed by atoms with van der Waals surface area (Å²) in [5, 5.41) is 18.2. The number of hydrogen-bond donors (Lipinski definition) is 2. The van der Waals surface area contributed by atoms with E-state index in [-0.39, 0.29) is 5.91 Å². The topological polar surface area (TPSA) is 140 Å². The van der Waals surface area contributed by atoms with Crippen molar-refractivity contribution in [3.63, 3.8) is 0 Å². The predicted molar refractivity (Wildman–Crippen MR) is 93.3 cm³/mol. The average Bonchev–Trinajstić information content (AvgIpc) is 3.14. The molecule has 2 aromatic rings. The summed E-state index contributed by atoms with van der Waals surface area (Å²) in [5.74, 6) is -2.66. The number of nitrogens with zero attached hydrogens (tertiary/aromatic N) is 2. The Kier molecular flexibility index (Phi) is 6.31. The maximum absolute atomic E-state index is 11.3. The van der Waals surface area contributed by atoms with Crippen LogP contribution in [-0.4, -0.2) is 35.0 Å². The highest BCUT2D eigenvalue weighted by Crippen LogP contribution is 2.23. The number of carboxylic acids is 1. The number of piperidine rings is 1. The van der Waals surface area contributed by atoms with Crippen molar-refractivity contribution >= 4 is 23.4 Å². The zero-order valence-electron chi connectivity index (χ0n) is 14.0. The van der Waals surface area contributed by atoms with E-state index in [1.807, 2.05) is 18.2 Å². The third-order valence-electron chi connectivity index (χ3n) is 3.85. The Labute approximate surface area is 149 Å². The van der Waals surface area contributed by atoms with E-state index in [1.54, 1.807) is 6.07 Å². The minimum Gasteiger partial charge on any atom is -0.475 e. The van der Waals surface area contributed by atoms with E-state index >= 15 is 0 Å². The third-order valence-corrected chi connectivity index (χ3v) is 3.85. The van der Waals surface area contributed by atoms with E-state index in [2.05, 4.69) is 9.32 Å². The number of anilines is 1. The number of carbonyl (C=O) groups excluding carboxylic acids is 1. The molecule has 0 radical (unpaired) electrons.